The summed E-state index contributed by atoms with van der Waals surface area (Å²) in [5, 5.41) is 4.22. The first-order valence-corrected chi connectivity index (χ1v) is 6.45. The van der Waals surface area contributed by atoms with Crippen molar-refractivity contribution in [1.82, 2.24) is 9.78 Å². The topological polar surface area (TPSA) is 53.1 Å². The number of hydrogen-bond donors (Lipinski definition) is 1. The van der Waals surface area contributed by atoms with E-state index in [0.29, 0.717) is 19.2 Å². The van der Waals surface area contributed by atoms with Crippen molar-refractivity contribution < 1.29 is 4.74 Å². The number of aromatic nitrogens is 2. The molecule has 0 amide bonds. The van der Waals surface area contributed by atoms with Crippen molar-refractivity contribution in [3.63, 3.8) is 0 Å². The van der Waals surface area contributed by atoms with Crippen LogP contribution in [0.15, 0.2) is 24.5 Å². The molecule has 0 aliphatic rings. The second kappa shape index (κ2) is 5.33. The average molecular weight is 251 g/mol. The summed E-state index contributed by atoms with van der Waals surface area (Å²) in [5.74, 6) is 0.807. The van der Waals surface area contributed by atoms with Gasteiger partial charge in [-0.15, -0.1) is 11.3 Å². The zero-order chi connectivity index (χ0) is 12.3. The summed E-state index contributed by atoms with van der Waals surface area (Å²) in [4.78, 5) is 2.37. The molecule has 0 aliphatic carbocycles. The van der Waals surface area contributed by atoms with Crippen LogP contribution in [0, 0.1) is 0 Å². The van der Waals surface area contributed by atoms with Crippen LogP contribution in [0.2, 0.25) is 0 Å². The van der Waals surface area contributed by atoms with Gasteiger partial charge in [0.25, 0.3) is 0 Å². The van der Waals surface area contributed by atoms with E-state index in [2.05, 4.69) is 25.0 Å². The van der Waals surface area contributed by atoms with Gasteiger partial charge in [0.1, 0.15) is 6.61 Å². The number of nitrogens with two attached hydrogens (primary N) is 1. The van der Waals surface area contributed by atoms with Gasteiger partial charge in [-0.1, -0.05) is 0 Å². The Bertz CT molecular complexity index is 476. The first-order chi connectivity index (χ1) is 8.19. The zero-order valence-corrected chi connectivity index (χ0v) is 10.9. The SMILES string of the molecule is CC(C)n1cc(OCc2ccc(CN)s2)cn1. The van der Waals surface area contributed by atoms with Crippen molar-refractivity contribution in [2.24, 2.45) is 5.73 Å². The van der Waals surface area contributed by atoms with Crippen LogP contribution in [0.25, 0.3) is 0 Å². The van der Waals surface area contributed by atoms with Gasteiger partial charge in [0, 0.05) is 22.3 Å². The van der Waals surface area contributed by atoms with Gasteiger partial charge in [0.05, 0.1) is 12.4 Å². The Labute approximate surface area is 105 Å². The molecule has 0 atom stereocenters. The van der Waals surface area contributed by atoms with E-state index in [1.807, 2.05) is 16.9 Å². The lowest BCUT2D eigenvalue weighted by Crippen LogP contribution is -1.99. The summed E-state index contributed by atoms with van der Waals surface area (Å²) < 4.78 is 7.55. The fraction of sp³-hybridized carbons (Fsp3) is 0.417. The van der Waals surface area contributed by atoms with Gasteiger partial charge in [-0.3, -0.25) is 4.68 Å². The van der Waals surface area contributed by atoms with E-state index in [4.69, 9.17) is 10.5 Å². The van der Waals surface area contributed by atoms with E-state index in [-0.39, 0.29) is 0 Å². The minimum atomic E-state index is 0.359. The molecule has 5 heteroatoms. The largest absolute Gasteiger partial charge is 0.485 e. The van der Waals surface area contributed by atoms with E-state index >= 15 is 0 Å². The maximum absolute atomic E-state index is 5.67. The van der Waals surface area contributed by atoms with Crippen molar-refractivity contribution in [1.29, 1.82) is 0 Å². The summed E-state index contributed by atoms with van der Waals surface area (Å²) in [6.45, 7) is 5.34. The highest BCUT2D eigenvalue weighted by Gasteiger charge is 2.04. The van der Waals surface area contributed by atoms with Crippen molar-refractivity contribution >= 4 is 11.3 Å². The Hall–Kier alpha value is -1.33. The van der Waals surface area contributed by atoms with Crippen LogP contribution in [-0.2, 0) is 13.2 Å². The van der Waals surface area contributed by atoms with E-state index < -0.39 is 0 Å². The molecule has 92 valence electrons. The Kier molecular flexibility index (Phi) is 3.81. The second-order valence-corrected chi connectivity index (χ2v) is 5.36. The first kappa shape index (κ1) is 12.1. The molecule has 2 heterocycles. The molecule has 2 N–H and O–H groups in total. The lowest BCUT2D eigenvalue weighted by molar-refractivity contribution is 0.309. The number of thiophene rings is 1. The van der Waals surface area contributed by atoms with Crippen LogP contribution in [0.4, 0.5) is 0 Å². The van der Waals surface area contributed by atoms with Crippen molar-refractivity contribution in [3.05, 3.63) is 34.3 Å². The average Bonchev–Trinajstić information content (AvgIpc) is 2.95. The minimum absolute atomic E-state index is 0.359. The third kappa shape index (κ3) is 3.08. The molecule has 4 nitrogen and oxygen atoms in total. The number of nitrogens with zero attached hydrogens (tertiary/aromatic N) is 2. The van der Waals surface area contributed by atoms with Gasteiger partial charge in [-0.2, -0.15) is 5.10 Å². The van der Waals surface area contributed by atoms with Crippen LogP contribution in [0.1, 0.15) is 29.6 Å². The Balaban J connectivity index is 1.92. The van der Waals surface area contributed by atoms with E-state index in [1.165, 1.54) is 9.75 Å². The van der Waals surface area contributed by atoms with Crippen LogP contribution in [0.5, 0.6) is 5.75 Å². The molecule has 0 aliphatic heterocycles. The van der Waals surface area contributed by atoms with E-state index in [9.17, 15) is 0 Å². The van der Waals surface area contributed by atoms with Crippen LogP contribution in [0.3, 0.4) is 0 Å². The Morgan fingerprint density at radius 1 is 1.41 bits per heavy atom. The van der Waals surface area contributed by atoms with Crippen molar-refractivity contribution in [2.45, 2.75) is 33.0 Å². The Morgan fingerprint density at radius 2 is 2.18 bits per heavy atom. The summed E-state index contributed by atoms with van der Waals surface area (Å²) in [5.41, 5.74) is 5.56. The molecule has 0 saturated heterocycles. The molecule has 2 rings (SSSR count). The molecule has 0 bridgehead atoms. The van der Waals surface area contributed by atoms with Crippen LogP contribution < -0.4 is 10.5 Å². The molecule has 0 spiro atoms. The standard InChI is InChI=1S/C12H17N3OS/c1-9(2)15-7-10(6-14-15)16-8-12-4-3-11(5-13)17-12/h3-4,6-7,9H,5,8,13H2,1-2H3. The molecule has 17 heavy (non-hydrogen) atoms. The molecule has 0 saturated carbocycles. The summed E-state index contributed by atoms with van der Waals surface area (Å²) >= 11 is 1.69. The predicted octanol–water partition coefficient (Wildman–Crippen LogP) is 2.56. The van der Waals surface area contributed by atoms with Gasteiger partial charge in [0.15, 0.2) is 5.75 Å². The molecule has 0 fully saturated rings. The van der Waals surface area contributed by atoms with Crippen molar-refractivity contribution in [3.8, 4) is 5.75 Å². The van der Waals surface area contributed by atoms with Gasteiger partial charge < -0.3 is 10.5 Å². The fourth-order valence-electron chi connectivity index (χ4n) is 1.44. The number of rotatable bonds is 5. The highest BCUT2D eigenvalue weighted by molar-refractivity contribution is 7.11. The fourth-order valence-corrected chi connectivity index (χ4v) is 2.25. The number of hydrogen-bond acceptors (Lipinski definition) is 4. The third-order valence-corrected chi connectivity index (χ3v) is 3.49. The van der Waals surface area contributed by atoms with E-state index in [0.717, 1.165) is 5.75 Å². The lowest BCUT2D eigenvalue weighted by Gasteiger charge is -2.03. The van der Waals surface area contributed by atoms with Gasteiger partial charge >= 0.3 is 0 Å². The molecule has 0 radical (unpaired) electrons. The van der Waals surface area contributed by atoms with Gasteiger partial charge in [-0.05, 0) is 26.0 Å². The molecular weight excluding hydrogens is 234 g/mol. The number of ether oxygens (including phenoxy) is 1. The monoisotopic (exact) mass is 251 g/mol. The molecule has 0 aromatic carbocycles. The summed E-state index contributed by atoms with van der Waals surface area (Å²) in [6, 6.07) is 4.46. The van der Waals surface area contributed by atoms with Crippen molar-refractivity contribution in [2.75, 3.05) is 0 Å². The quantitative estimate of drug-likeness (QED) is 0.888. The van der Waals surface area contributed by atoms with Gasteiger partial charge in [0.2, 0.25) is 0 Å². The highest BCUT2D eigenvalue weighted by atomic mass is 32.1. The van der Waals surface area contributed by atoms with Crippen LogP contribution in [-0.4, -0.2) is 9.78 Å². The third-order valence-electron chi connectivity index (χ3n) is 2.41. The maximum atomic E-state index is 5.67. The molecule has 2 aromatic rings. The predicted molar refractivity (Wildman–Crippen MR) is 69.2 cm³/mol. The first-order valence-electron chi connectivity index (χ1n) is 5.63. The second-order valence-electron chi connectivity index (χ2n) is 4.11. The summed E-state index contributed by atoms with van der Waals surface area (Å²) in [7, 11) is 0. The maximum Gasteiger partial charge on any atom is 0.157 e. The van der Waals surface area contributed by atoms with E-state index in [1.54, 1.807) is 17.5 Å². The van der Waals surface area contributed by atoms with Gasteiger partial charge in [-0.25, -0.2) is 0 Å². The highest BCUT2D eigenvalue weighted by Crippen LogP contribution is 2.19. The normalized spacial score (nSPS) is 11.1. The summed E-state index contributed by atoms with van der Waals surface area (Å²) in [6.07, 6.45) is 3.67. The smallest absolute Gasteiger partial charge is 0.157 e. The molecular formula is C12H17N3OS. The minimum Gasteiger partial charge on any atom is -0.485 e. The van der Waals surface area contributed by atoms with Crippen LogP contribution >= 0.6 is 11.3 Å². The Morgan fingerprint density at radius 3 is 2.76 bits per heavy atom. The molecule has 2 aromatic heterocycles. The lowest BCUT2D eigenvalue weighted by atomic mass is 10.4. The molecule has 0 unspecified atom stereocenters. The zero-order valence-electron chi connectivity index (χ0n) is 10.1.